The zero-order valence-electron chi connectivity index (χ0n) is 16.5. The van der Waals surface area contributed by atoms with E-state index in [4.69, 9.17) is 4.74 Å². The average Bonchev–Trinajstić information content (AvgIpc) is 3.03. The summed E-state index contributed by atoms with van der Waals surface area (Å²) in [6.45, 7) is 2.90. The highest BCUT2D eigenvalue weighted by atomic mass is 32.2. The summed E-state index contributed by atoms with van der Waals surface area (Å²) in [7, 11) is -2.32. The monoisotopic (exact) mass is 450 g/mol. The molecule has 0 saturated heterocycles. The first-order valence-corrected chi connectivity index (χ1v) is 11.3. The second kappa shape index (κ2) is 8.49. The Morgan fingerprint density at radius 2 is 1.93 bits per heavy atom. The van der Waals surface area contributed by atoms with E-state index in [0.29, 0.717) is 10.2 Å². The fourth-order valence-electron chi connectivity index (χ4n) is 2.71. The maximum atomic E-state index is 13.6. The molecule has 0 aliphatic carbocycles. The number of esters is 1. The van der Waals surface area contributed by atoms with E-state index in [1.165, 1.54) is 54.1 Å². The topological polar surface area (TPSA) is 94.8 Å². The molecular weight excluding hydrogens is 431 g/mol. The van der Waals surface area contributed by atoms with Gasteiger partial charge in [-0.15, -0.1) is 0 Å². The first-order chi connectivity index (χ1) is 14.1. The van der Waals surface area contributed by atoms with Gasteiger partial charge in [0.2, 0.25) is 0 Å². The van der Waals surface area contributed by atoms with Gasteiger partial charge in [-0.3, -0.25) is 9.59 Å². The minimum atomic E-state index is -3.56. The van der Waals surface area contributed by atoms with Crippen molar-refractivity contribution in [1.29, 1.82) is 0 Å². The fraction of sp³-hybridized carbons (Fsp3) is 0.250. The number of ether oxygens (including phenoxy) is 1. The number of carbonyl (C=O) groups is 2. The van der Waals surface area contributed by atoms with Crippen LogP contribution in [0.3, 0.4) is 0 Å². The molecule has 0 aliphatic rings. The number of fused-ring (bicyclic) bond motifs is 1. The summed E-state index contributed by atoms with van der Waals surface area (Å²) in [5.41, 5.74) is 0.611. The van der Waals surface area contributed by atoms with Crippen LogP contribution in [0.1, 0.15) is 24.2 Å². The van der Waals surface area contributed by atoms with E-state index in [2.05, 4.69) is 4.99 Å². The van der Waals surface area contributed by atoms with Crippen molar-refractivity contribution in [2.75, 3.05) is 7.11 Å². The number of benzene rings is 2. The molecule has 0 spiro atoms. The first-order valence-electron chi connectivity index (χ1n) is 8.92. The molecule has 1 aromatic heterocycles. The molecule has 0 saturated carbocycles. The number of hydrogen-bond donors (Lipinski definition) is 0. The Balaban J connectivity index is 2.12. The highest BCUT2D eigenvalue weighted by molar-refractivity contribution is 7.92. The molecular formula is C20H19FN2O5S2. The number of carbonyl (C=O) groups excluding carboxylic acids is 2. The SMILES string of the molecule is COC(=O)Cn1c(=NC(=O)c2cccc(S(=O)(=O)C(C)C)c2)sc2cc(F)ccc21. The van der Waals surface area contributed by atoms with Crippen molar-refractivity contribution >= 4 is 43.3 Å². The van der Waals surface area contributed by atoms with Crippen molar-refractivity contribution in [3.8, 4) is 0 Å². The molecule has 0 unspecified atom stereocenters. The van der Waals surface area contributed by atoms with E-state index in [0.717, 1.165) is 11.3 Å². The third kappa shape index (κ3) is 4.34. The number of rotatable bonds is 5. The summed E-state index contributed by atoms with van der Waals surface area (Å²) >= 11 is 1.04. The van der Waals surface area contributed by atoms with E-state index in [1.807, 2.05) is 0 Å². The molecule has 1 heterocycles. The number of hydrogen-bond acceptors (Lipinski definition) is 6. The standard InChI is InChI=1S/C20H19FN2O5S2/c1-12(2)30(26,27)15-6-4-5-13(9-15)19(25)22-20-23(11-18(24)28-3)16-8-7-14(21)10-17(16)29-20/h4-10,12H,11H2,1-3H3. The summed E-state index contributed by atoms with van der Waals surface area (Å²) in [6, 6.07) is 9.65. The van der Waals surface area contributed by atoms with Gasteiger partial charge in [0, 0.05) is 5.56 Å². The molecule has 2 aromatic carbocycles. The van der Waals surface area contributed by atoms with Crippen LogP contribution in [0, 0.1) is 5.82 Å². The van der Waals surface area contributed by atoms with Crippen LogP contribution in [-0.2, 0) is 25.9 Å². The number of amides is 1. The summed E-state index contributed by atoms with van der Waals surface area (Å²) in [4.78, 5) is 28.8. The Morgan fingerprint density at radius 3 is 2.60 bits per heavy atom. The number of sulfone groups is 1. The van der Waals surface area contributed by atoms with Crippen LogP contribution < -0.4 is 4.80 Å². The third-order valence-electron chi connectivity index (χ3n) is 4.39. The summed E-state index contributed by atoms with van der Waals surface area (Å²) < 4.78 is 45.0. The molecule has 10 heteroatoms. The van der Waals surface area contributed by atoms with Crippen LogP contribution in [-0.4, -0.2) is 37.2 Å². The number of halogens is 1. The number of thiazole rings is 1. The summed E-state index contributed by atoms with van der Waals surface area (Å²) in [5.74, 6) is -1.70. The second-order valence-corrected chi connectivity index (χ2v) is 10.2. The van der Waals surface area contributed by atoms with Crippen LogP contribution >= 0.6 is 11.3 Å². The zero-order chi connectivity index (χ0) is 22.1. The Morgan fingerprint density at radius 1 is 1.20 bits per heavy atom. The Labute approximate surface area is 176 Å². The van der Waals surface area contributed by atoms with Gasteiger partial charge in [-0.1, -0.05) is 17.4 Å². The van der Waals surface area contributed by atoms with E-state index >= 15 is 0 Å². The molecule has 0 aliphatic heterocycles. The molecule has 30 heavy (non-hydrogen) atoms. The molecule has 7 nitrogen and oxygen atoms in total. The molecule has 0 radical (unpaired) electrons. The Hall–Kier alpha value is -2.85. The Kier molecular flexibility index (Phi) is 6.18. The fourth-order valence-corrected chi connectivity index (χ4v) is 4.86. The molecule has 0 N–H and O–H groups in total. The van der Waals surface area contributed by atoms with Crippen molar-refractivity contribution in [2.24, 2.45) is 4.99 Å². The van der Waals surface area contributed by atoms with Gasteiger partial charge in [0.15, 0.2) is 14.6 Å². The molecule has 0 fully saturated rings. The van der Waals surface area contributed by atoms with E-state index in [1.54, 1.807) is 13.8 Å². The minimum Gasteiger partial charge on any atom is -0.468 e. The number of nitrogens with zero attached hydrogens (tertiary/aromatic N) is 2. The van der Waals surface area contributed by atoms with Crippen molar-refractivity contribution in [3.05, 3.63) is 58.6 Å². The van der Waals surface area contributed by atoms with Gasteiger partial charge in [0.25, 0.3) is 5.91 Å². The number of methoxy groups -OCH3 is 1. The lowest BCUT2D eigenvalue weighted by Crippen LogP contribution is -2.22. The molecule has 0 atom stereocenters. The molecule has 3 rings (SSSR count). The van der Waals surface area contributed by atoms with Crippen LogP contribution in [0.25, 0.3) is 10.2 Å². The maximum Gasteiger partial charge on any atom is 0.325 e. The highest BCUT2D eigenvalue weighted by Crippen LogP contribution is 2.20. The highest BCUT2D eigenvalue weighted by Gasteiger charge is 2.20. The normalized spacial score (nSPS) is 12.5. The van der Waals surface area contributed by atoms with Gasteiger partial charge in [0.05, 0.1) is 27.5 Å². The summed E-state index contributed by atoms with van der Waals surface area (Å²) in [6.07, 6.45) is 0. The predicted octanol–water partition coefficient (Wildman–Crippen LogP) is 2.94. The van der Waals surface area contributed by atoms with Gasteiger partial charge in [-0.25, -0.2) is 12.8 Å². The average molecular weight is 451 g/mol. The van der Waals surface area contributed by atoms with Crippen LogP contribution in [0.2, 0.25) is 0 Å². The molecule has 1 amide bonds. The number of aromatic nitrogens is 1. The van der Waals surface area contributed by atoms with E-state index in [9.17, 15) is 22.4 Å². The lowest BCUT2D eigenvalue weighted by molar-refractivity contribution is -0.141. The van der Waals surface area contributed by atoms with Crippen molar-refractivity contribution in [3.63, 3.8) is 0 Å². The zero-order valence-corrected chi connectivity index (χ0v) is 18.1. The molecule has 3 aromatic rings. The molecule has 0 bridgehead atoms. The largest absolute Gasteiger partial charge is 0.468 e. The minimum absolute atomic E-state index is 0.0272. The molecule has 158 valence electrons. The van der Waals surface area contributed by atoms with Gasteiger partial charge in [0.1, 0.15) is 12.4 Å². The van der Waals surface area contributed by atoms with E-state index < -0.39 is 32.8 Å². The van der Waals surface area contributed by atoms with Gasteiger partial charge in [-0.2, -0.15) is 4.99 Å². The van der Waals surface area contributed by atoms with Crippen LogP contribution in [0.4, 0.5) is 4.39 Å². The third-order valence-corrected chi connectivity index (χ3v) is 7.58. The van der Waals surface area contributed by atoms with Crippen LogP contribution in [0.5, 0.6) is 0 Å². The van der Waals surface area contributed by atoms with Gasteiger partial charge < -0.3 is 9.30 Å². The van der Waals surface area contributed by atoms with Crippen molar-refractivity contribution in [2.45, 2.75) is 30.5 Å². The lowest BCUT2D eigenvalue weighted by atomic mass is 10.2. The van der Waals surface area contributed by atoms with Gasteiger partial charge in [-0.05, 0) is 50.2 Å². The smallest absolute Gasteiger partial charge is 0.325 e. The summed E-state index contributed by atoms with van der Waals surface area (Å²) in [5, 5.41) is -0.639. The van der Waals surface area contributed by atoms with Crippen LogP contribution in [0.15, 0.2) is 52.4 Å². The Bertz CT molecular complexity index is 1310. The van der Waals surface area contributed by atoms with E-state index in [-0.39, 0.29) is 21.8 Å². The van der Waals surface area contributed by atoms with Gasteiger partial charge >= 0.3 is 5.97 Å². The quantitative estimate of drug-likeness (QED) is 0.557. The van der Waals surface area contributed by atoms with Crippen molar-refractivity contribution < 1.29 is 27.1 Å². The predicted molar refractivity (Wildman–Crippen MR) is 110 cm³/mol. The van der Waals surface area contributed by atoms with Crippen molar-refractivity contribution in [1.82, 2.24) is 4.57 Å². The first kappa shape index (κ1) is 21.8. The second-order valence-electron chi connectivity index (χ2n) is 6.70. The lowest BCUT2D eigenvalue weighted by Gasteiger charge is -2.08. The maximum absolute atomic E-state index is 13.6.